The van der Waals surface area contributed by atoms with E-state index in [1.165, 1.54) is 0 Å². The van der Waals surface area contributed by atoms with E-state index in [2.05, 4.69) is 31.9 Å². The molecule has 4 rings (SSSR count). The van der Waals surface area contributed by atoms with Crippen LogP contribution in [0.5, 0.6) is 0 Å². The summed E-state index contributed by atoms with van der Waals surface area (Å²) in [7, 11) is 1.69. The number of imidazole rings is 1. The van der Waals surface area contributed by atoms with Crippen LogP contribution < -0.4 is 26.6 Å². The fraction of sp³-hybridized carbons (Fsp3) is 0.320. The molecule has 0 radical (unpaired) electrons. The minimum atomic E-state index is -0.468. The van der Waals surface area contributed by atoms with Gasteiger partial charge in [-0.3, -0.25) is 14.2 Å². The average molecular weight is 488 g/mol. The number of hydrogen-bond acceptors (Lipinski definition) is 8. The molecule has 0 aliphatic carbocycles. The van der Waals surface area contributed by atoms with Crippen LogP contribution in [0.25, 0.3) is 0 Å². The second-order valence-corrected chi connectivity index (χ2v) is 8.51. The van der Waals surface area contributed by atoms with Crippen molar-refractivity contribution >= 4 is 29.4 Å². The van der Waals surface area contributed by atoms with Gasteiger partial charge in [0.05, 0.1) is 24.7 Å². The molecule has 0 bridgehead atoms. The van der Waals surface area contributed by atoms with Gasteiger partial charge in [-0.1, -0.05) is 24.3 Å². The lowest BCUT2D eigenvalue weighted by atomic mass is 10.1. The second kappa shape index (κ2) is 11.3. The Balaban J connectivity index is 1.64. The van der Waals surface area contributed by atoms with E-state index in [4.69, 9.17) is 10.7 Å². The number of carbonyl (C=O) groups is 2. The predicted molar refractivity (Wildman–Crippen MR) is 137 cm³/mol. The van der Waals surface area contributed by atoms with E-state index in [9.17, 15) is 14.9 Å². The Morgan fingerprint density at radius 1 is 1.22 bits per heavy atom. The molecule has 5 N–H and O–H groups in total. The summed E-state index contributed by atoms with van der Waals surface area (Å²) in [4.78, 5) is 36.6. The second-order valence-electron chi connectivity index (χ2n) is 8.51. The van der Waals surface area contributed by atoms with E-state index in [-0.39, 0.29) is 24.8 Å². The number of hydrogen-bond donors (Lipinski definition) is 4. The van der Waals surface area contributed by atoms with E-state index in [1.807, 2.05) is 12.1 Å². The Labute approximate surface area is 209 Å². The first kappa shape index (κ1) is 24.7. The first-order valence-corrected chi connectivity index (χ1v) is 11.8. The first-order chi connectivity index (χ1) is 17.5. The van der Waals surface area contributed by atoms with Gasteiger partial charge in [-0.15, -0.1) is 0 Å². The van der Waals surface area contributed by atoms with Crippen molar-refractivity contribution < 1.29 is 9.59 Å². The van der Waals surface area contributed by atoms with Gasteiger partial charge in [-0.25, -0.2) is 4.98 Å². The summed E-state index contributed by atoms with van der Waals surface area (Å²) in [6, 6.07) is 14.6. The number of amides is 2. The number of rotatable bonds is 8. The molecule has 2 amide bonds. The first-order valence-electron chi connectivity index (χ1n) is 11.8. The maximum absolute atomic E-state index is 13.4. The lowest BCUT2D eigenvalue weighted by Gasteiger charge is -2.32. The van der Waals surface area contributed by atoms with Gasteiger partial charge < -0.3 is 26.6 Å². The minimum Gasteiger partial charge on any atom is -0.371 e. The number of benzene rings is 1. The normalized spacial score (nSPS) is 15.1. The molecule has 1 aliphatic heterocycles. The van der Waals surface area contributed by atoms with E-state index < -0.39 is 11.8 Å². The number of nitrogens with two attached hydrogens (primary N) is 1. The van der Waals surface area contributed by atoms with Gasteiger partial charge in [0.15, 0.2) is 11.5 Å². The van der Waals surface area contributed by atoms with Crippen LogP contribution in [-0.2, 0) is 11.3 Å². The van der Waals surface area contributed by atoms with Gasteiger partial charge in [0.2, 0.25) is 11.9 Å². The van der Waals surface area contributed by atoms with Crippen LogP contribution in [0.2, 0.25) is 0 Å². The summed E-state index contributed by atoms with van der Waals surface area (Å²) >= 11 is 0. The molecule has 1 atom stereocenters. The van der Waals surface area contributed by atoms with Crippen LogP contribution >= 0.6 is 0 Å². The van der Waals surface area contributed by atoms with Gasteiger partial charge >= 0.3 is 0 Å². The molecular formula is C25H29N9O2. The highest BCUT2D eigenvalue weighted by Crippen LogP contribution is 2.28. The zero-order chi connectivity index (χ0) is 25.5. The molecule has 36 heavy (non-hydrogen) atoms. The predicted octanol–water partition coefficient (Wildman–Crippen LogP) is 1.54. The number of pyridine rings is 1. The highest BCUT2D eigenvalue weighted by atomic mass is 16.2. The standard InChI is InChI=1S/C25H29N9O2/c1-28-23-22(24(36)30-14-21(35)31-20-10-4-5-11-29-20)34(15-18-8-3-2-7-17(18)13-26)25(32-23)33-12-6-9-19(27)16-33/h2-5,7-8,10-11,19,28H,6,9,12,14-16,27H2,1H3,(H,30,36)(H,29,31,35)/t19-/m1/s1. The molecule has 2 aromatic heterocycles. The quantitative estimate of drug-likeness (QED) is 0.373. The van der Waals surface area contributed by atoms with Crippen molar-refractivity contribution in [3.63, 3.8) is 0 Å². The number of piperidine rings is 1. The third-order valence-electron chi connectivity index (χ3n) is 5.95. The van der Waals surface area contributed by atoms with Crippen molar-refractivity contribution in [2.45, 2.75) is 25.4 Å². The number of nitrogens with zero attached hydrogens (tertiary/aromatic N) is 5. The molecule has 3 aromatic rings. The SMILES string of the molecule is CNc1nc(N2CCC[C@@H](N)C2)n(Cc2ccccc2C#N)c1C(=O)NCC(=O)Nc1ccccn1. The molecule has 0 saturated carbocycles. The van der Waals surface area contributed by atoms with E-state index in [0.717, 1.165) is 24.9 Å². The monoisotopic (exact) mass is 487 g/mol. The Morgan fingerprint density at radius 3 is 2.75 bits per heavy atom. The topological polar surface area (TPSA) is 154 Å². The number of aromatic nitrogens is 3. The van der Waals surface area contributed by atoms with Crippen LogP contribution in [0.3, 0.4) is 0 Å². The molecule has 1 aliphatic rings. The highest BCUT2D eigenvalue weighted by Gasteiger charge is 2.28. The van der Waals surface area contributed by atoms with Crippen molar-refractivity contribution in [3.8, 4) is 6.07 Å². The van der Waals surface area contributed by atoms with Gasteiger partial charge in [0.25, 0.3) is 5.91 Å². The largest absolute Gasteiger partial charge is 0.371 e. The number of carbonyl (C=O) groups excluding carboxylic acids is 2. The summed E-state index contributed by atoms with van der Waals surface area (Å²) in [6.07, 6.45) is 3.40. The Bertz CT molecular complexity index is 1270. The summed E-state index contributed by atoms with van der Waals surface area (Å²) in [5, 5.41) is 17.9. The smallest absolute Gasteiger partial charge is 0.272 e. The van der Waals surface area contributed by atoms with Crippen molar-refractivity contribution in [1.82, 2.24) is 19.9 Å². The molecule has 11 heteroatoms. The Kier molecular flexibility index (Phi) is 7.77. The summed E-state index contributed by atoms with van der Waals surface area (Å²) in [6.45, 7) is 1.36. The Morgan fingerprint density at radius 2 is 2.03 bits per heavy atom. The summed E-state index contributed by atoms with van der Waals surface area (Å²) in [5.74, 6) is 0.488. The molecule has 3 heterocycles. The molecule has 11 nitrogen and oxygen atoms in total. The number of nitriles is 1. The Hall–Kier alpha value is -4.43. The van der Waals surface area contributed by atoms with E-state index in [0.29, 0.717) is 29.7 Å². The van der Waals surface area contributed by atoms with Gasteiger partial charge in [-0.2, -0.15) is 10.2 Å². The fourth-order valence-corrected chi connectivity index (χ4v) is 4.23. The van der Waals surface area contributed by atoms with Crippen molar-refractivity contribution in [2.75, 3.05) is 42.2 Å². The van der Waals surface area contributed by atoms with Crippen molar-refractivity contribution in [1.29, 1.82) is 5.26 Å². The molecular weight excluding hydrogens is 458 g/mol. The number of anilines is 3. The number of nitrogens with one attached hydrogen (secondary N) is 3. The molecule has 1 fully saturated rings. The summed E-state index contributed by atoms with van der Waals surface area (Å²) < 4.78 is 1.78. The summed E-state index contributed by atoms with van der Waals surface area (Å²) in [5.41, 5.74) is 7.76. The van der Waals surface area contributed by atoms with E-state index in [1.54, 1.807) is 48.1 Å². The van der Waals surface area contributed by atoms with Crippen molar-refractivity contribution in [2.24, 2.45) is 5.73 Å². The van der Waals surface area contributed by atoms with Crippen LogP contribution in [-0.4, -0.2) is 59.1 Å². The maximum Gasteiger partial charge on any atom is 0.272 e. The molecule has 0 unspecified atom stereocenters. The molecule has 0 spiro atoms. The van der Waals surface area contributed by atoms with Crippen LogP contribution in [0, 0.1) is 11.3 Å². The lowest BCUT2D eigenvalue weighted by Crippen LogP contribution is -2.44. The highest BCUT2D eigenvalue weighted by molar-refractivity contribution is 6.01. The zero-order valence-electron chi connectivity index (χ0n) is 20.1. The fourth-order valence-electron chi connectivity index (χ4n) is 4.23. The van der Waals surface area contributed by atoms with Crippen LogP contribution in [0.1, 0.15) is 34.5 Å². The van der Waals surface area contributed by atoms with Gasteiger partial charge in [0, 0.05) is 32.4 Å². The third kappa shape index (κ3) is 5.61. The van der Waals surface area contributed by atoms with Crippen LogP contribution in [0.4, 0.5) is 17.6 Å². The van der Waals surface area contributed by atoms with Crippen LogP contribution in [0.15, 0.2) is 48.7 Å². The minimum absolute atomic E-state index is 0.000832. The average Bonchev–Trinajstić information content (AvgIpc) is 3.26. The molecule has 1 saturated heterocycles. The van der Waals surface area contributed by atoms with Crippen molar-refractivity contribution in [3.05, 3.63) is 65.5 Å². The van der Waals surface area contributed by atoms with E-state index >= 15 is 0 Å². The third-order valence-corrected chi connectivity index (χ3v) is 5.95. The lowest BCUT2D eigenvalue weighted by molar-refractivity contribution is -0.115. The molecule has 186 valence electrons. The zero-order valence-corrected chi connectivity index (χ0v) is 20.1. The maximum atomic E-state index is 13.4. The van der Waals surface area contributed by atoms with Gasteiger partial charge in [0.1, 0.15) is 5.82 Å². The molecule has 1 aromatic carbocycles. The van der Waals surface area contributed by atoms with Gasteiger partial charge in [-0.05, 0) is 36.6 Å².